The first-order valence-electron chi connectivity index (χ1n) is 6.48. The van der Waals surface area contributed by atoms with E-state index in [1.54, 1.807) is 6.20 Å². The van der Waals surface area contributed by atoms with Crippen LogP contribution in [0.3, 0.4) is 0 Å². The summed E-state index contributed by atoms with van der Waals surface area (Å²) in [7, 11) is 0. The first kappa shape index (κ1) is 13.3. The fourth-order valence-electron chi connectivity index (χ4n) is 1.95. The summed E-state index contributed by atoms with van der Waals surface area (Å²) < 4.78 is 0. The van der Waals surface area contributed by atoms with E-state index >= 15 is 0 Å². The van der Waals surface area contributed by atoms with Crippen LogP contribution in [-0.2, 0) is 6.42 Å². The van der Waals surface area contributed by atoms with Gasteiger partial charge in [-0.2, -0.15) is 5.26 Å². The lowest BCUT2D eigenvalue weighted by atomic mass is 10.1. The molecule has 1 atom stereocenters. The summed E-state index contributed by atoms with van der Waals surface area (Å²) in [5, 5.41) is 12.4. The van der Waals surface area contributed by atoms with Crippen LogP contribution >= 0.6 is 0 Å². The lowest BCUT2D eigenvalue weighted by Gasteiger charge is -2.10. The third-order valence-electron chi connectivity index (χ3n) is 2.95. The van der Waals surface area contributed by atoms with Gasteiger partial charge in [0.2, 0.25) is 0 Å². The first-order chi connectivity index (χ1) is 9.40. The van der Waals surface area contributed by atoms with Crippen LogP contribution in [0.1, 0.15) is 23.7 Å². The van der Waals surface area contributed by atoms with Gasteiger partial charge in [-0.05, 0) is 37.1 Å². The molecule has 1 N–H and O–H groups in total. The van der Waals surface area contributed by atoms with E-state index in [2.05, 4.69) is 40.6 Å². The lowest BCUT2D eigenvalue weighted by molar-refractivity contribution is 0.593. The molecule has 1 aromatic carbocycles. The average molecular weight is 251 g/mol. The van der Waals surface area contributed by atoms with Crippen molar-refractivity contribution in [3.63, 3.8) is 0 Å². The second-order valence-electron chi connectivity index (χ2n) is 4.36. The summed E-state index contributed by atoms with van der Waals surface area (Å²) in [4.78, 5) is 4.20. The van der Waals surface area contributed by atoms with Gasteiger partial charge < -0.3 is 0 Å². The van der Waals surface area contributed by atoms with E-state index in [1.807, 2.05) is 24.3 Å². The summed E-state index contributed by atoms with van der Waals surface area (Å²) >= 11 is 0. The molecule has 0 aliphatic heterocycles. The number of benzene rings is 1. The Balaban J connectivity index is 1.77. The number of nitriles is 1. The van der Waals surface area contributed by atoms with E-state index < -0.39 is 0 Å². The Labute approximate surface area is 113 Å². The summed E-state index contributed by atoms with van der Waals surface area (Å²) in [6.07, 6.45) is 3.74. The Morgan fingerprint density at radius 3 is 2.58 bits per heavy atom. The van der Waals surface area contributed by atoms with E-state index in [1.165, 1.54) is 5.56 Å². The van der Waals surface area contributed by atoms with Gasteiger partial charge >= 0.3 is 0 Å². The van der Waals surface area contributed by atoms with Crippen molar-refractivity contribution in [1.82, 2.24) is 10.3 Å². The number of aryl methyl sites for hydroxylation is 1. The topological polar surface area (TPSA) is 48.7 Å². The highest BCUT2D eigenvalue weighted by atomic mass is 14.9. The third-order valence-corrected chi connectivity index (χ3v) is 2.95. The number of aromatic nitrogens is 1. The number of hydrogen-bond donors (Lipinski definition) is 1. The Hall–Kier alpha value is -2.18. The highest BCUT2D eigenvalue weighted by Crippen LogP contribution is 2.08. The third kappa shape index (κ3) is 4.20. The summed E-state index contributed by atoms with van der Waals surface area (Å²) in [5.41, 5.74) is 2.11. The van der Waals surface area contributed by atoms with Crippen molar-refractivity contribution in [1.29, 1.82) is 5.26 Å². The second kappa shape index (κ2) is 7.30. The quantitative estimate of drug-likeness (QED) is 0.803. The zero-order chi connectivity index (χ0) is 13.3. The Bertz CT molecular complexity index is 517. The minimum absolute atomic E-state index is 0.322. The molecule has 0 saturated heterocycles. The molecule has 1 unspecified atom stereocenters. The average Bonchev–Trinajstić information content (AvgIpc) is 2.49. The van der Waals surface area contributed by atoms with Crippen LogP contribution in [0.4, 0.5) is 0 Å². The minimum atomic E-state index is -0.322. The fourth-order valence-corrected chi connectivity index (χ4v) is 1.95. The van der Waals surface area contributed by atoms with E-state index in [-0.39, 0.29) is 6.04 Å². The Morgan fingerprint density at radius 2 is 1.89 bits per heavy atom. The largest absolute Gasteiger partial charge is 0.297 e. The monoisotopic (exact) mass is 251 g/mol. The summed E-state index contributed by atoms with van der Waals surface area (Å²) in [5.74, 6) is 0. The molecule has 0 aliphatic carbocycles. The van der Waals surface area contributed by atoms with Crippen LogP contribution in [0.25, 0.3) is 0 Å². The highest BCUT2D eigenvalue weighted by molar-refractivity contribution is 5.16. The number of nitrogens with one attached hydrogen (secondary N) is 1. The van der Waals surface area contributed by atoms with Crippen molar-refractivity contribution >= 4 is 0 Å². The molecule has 0 aliphatic rings. The Kier molecular flexibility index (Phi) is 5.09. The number of rotatable bonds is 6. The zero-order valence-corrected chi connectivity index (χ0v) is 10.8. The van der Waals surface area contributed by atoms with E-state index in [4.69, 9.17) is 5.26 Å². The van der Waals surface area contributed by atoms with Gasteiger partial charge in [0.25, 0.3) is 0 Å². The minimum Gasteiger partial charge on any atom is -0.297 e. The molecule has 0 radical (unpaired) electrons. The number of hydrogen-bond acceptors (Lipinski definition) is 3. The fraction of sp³-hybridized carbons (Fsp3) is 0.250. The smallest absolute Gasteiger partial charge is 0.138 e. The molecule has 0 spiro atoms. The van der Waals surface area contributed by atoms with Crippen molar-refractivity contribution in [3.05, 3.63) is 66.0 Å². The van der Waals surface area contributed by atoms with Crippen LogP contribution in [0.5, 0.6) is 0 Å². The maximum Gasteiger partial charge on any atom is 0.138 e. The molecule has 0 saturated carbocycles. The van der Waals surface area contributed by atoms with Gasteiger partial charge in [-0.3, -0.25) is 10.3 Å². The van der Waals surface area contributed by atoms with Gasteiger partial charge in [-0.15, -0.1) is 0 Å². The molecule has 3 heteroatoms. The zero-order valence-electron chi connectivity index (χ0n) is 10.8. The van der Waals surface area contributed by atoms with Gasteiger partial charge in [0.05, 0.1) is 11.8 Å². The van der Waals surface area contributed by atoms with Crippen LogP contribution in [0.15, 0.2) is 54.7 Å². The first-order valence-corrected chi connectivity index (χ1v) is 6.48. The normalized spacial score (nSPS) is 11.7. The standard InChI is InChI=1S/C16H17N3/c17-13-16(15-10-4-5-11-18-15)19-12-6-9-14-7-2-1-3-8-14/h1-5,7-8,10-11,16,19H,6,9,12H2. The van der Waals surface area contributed by atoms with E-state index in [0.29, 0.717) is 0 Å². The molecule has 96 valence electrons. The predicted octanol–water partition coefficient (Wildman–Crippen LogP) is 2.87. The van der Waals surface area contributed by atoms with Gasteiger partial charge in [0, 0.05) is 6.20 Å². The molecular formula is C16H17N3. The van der Waals surface area contributed by atoms with E-state index in [0.717, 1.165) is 25.1 Å². The van der Waals surface area contributed by atoms with Crippen molar-refractivity contribution in [3.8, 4) is 6.07 Å². The second-order valence-corrected chi connectivity index (χ2v) is 4.36. The number of pyridine rings is 1. The van der Waals surface area contributed by atoms with Crippen LogP contribution < -0.4 is 5.32 Å². The maximum atomic E-state index is 9.14. The molecule has 1 heterocycles. The van der Waals surface area contributed by atoms with Gasteiger partial charge in [0.1, 0.15) is 6.04 Å². The molecule has 3 nitrogen and oxygen atoms in total. The van der Waals surface area contributed by atoms with Gasteiger partial charge in [-0.1, -0.05) is 36.4 Å². The molecule has 0 fully saturated rings. The van der Waals surface area contributed by atoms with Gasteiger partial charge in [0.15, 0.2) is 0 Å². The van der Waals surface area contributed by atoms with Crippen LogP contribution in [-0.4, -0.2) is 11.5 Å². The summed E-state index contributed by atoms with van der Waals surface area (Å²) in [6.45, 7) is 0.809. The molecular weight excluding hydrogens is 234 g/mol. The predicted molar refractivity (Wildman–Crippen MR) is 75.4 cm³/mol. The highest BCUT2D eigenvalue weighted by Gasteiger charge is 2.09. The molecule has 0 amide bonds. The Morgan fingerprint density at radius 1 is 1.11 bits per heavy atom. The maximum absolute atomic E-state index is 9.14. The van der Waals surface area contributed by atoms with Crippen LogP contribution in [0, 0.1) is 11.3 Å². The van der Waals surface area contributed by atoms with Crippen LogP contribution in [0.2, 0.25) is 0 Å². The van der Waals surface area contributed by atoms with Crippen molar-refractivity contribution in [2.75, 3.05) is 6.54 Å². The molecule has 2 rings (SSSR count). The SMILES string of the molecule is N#CC(NCCCc1ccccc1)c1ccccn1. The van der Waals surface area contributed by atoms with Crippen molar-refractivity contribution in [2.45, 2.75) is 18.9 Å². The van der Waals surface area contributed by atoms with Crippen molar-refractivity contribution < 1.29 is 0 Å². The summed E-state index contributed by atoms with van der Waals surface area (Å²) in [6, 6.07) is 17.9. The van der Waals surface area contributed by atoms with E-state index in [9.17, 15) is 0 Å². The molecule has 19 heavy (non-hydrogen) atoms. The molecule has 1 aromatic heterocycles. The number of nitrogens with zero attached hydrogens (tertiary/aromatic N) is 2. The van der Waals surface area contributed by atoms with Gasteiger partial charge in [-0.25, -0.2) is 0 Å². The molecule has 2 aromatic rings. The molecule has 0 bridgehead atoms. The van der Waals surface area contributed by atoms with Crippen molar-refractivity contribution in [2.24, 2.45) is 0 Å². The lowest BCUT2D eigenvalue weighted by Crippen LogP contribution is -2.22.